The quantitative estimate of drug-likeness (QED) is 0.465. The molecule has 7 nitrogen and oxygen atoms in total. The zero-order chi connectivity index (χ0) is 24.1. The van der Waals surface area contributed by atoms with Gasteiger partial charge in [0.2, 0.25) is 0 Å². The Hall–Kier alpha value is -3.84. The van der Waals surface area contributed by atoms with Crippen molar-refractivity contribution in [2.45, 2.75) is 38.5 Å². The van der Waals surface area contributed by atoms with Gasteiger partial charge >= 0.3 is 6.03 Å². The van der Waals surface area contributed by atoms with Gasteiger partial charge in [-0.05, 0) is 62.6 Å². The minimum absolute atomic E-state index is 0.226. The minimum atomic E-state index is -2.23. The molecule has 3 amide bonds. The zero-order valence-electron chi connectivity index (χ0n) is 19.3. The van der Waals surface area contributed by atoms with Crippen molar-refractivity contribution in [1.29, 1.82) is 0 Å². The molecular weight excluding hydrogens is 430 g/mol. The first-order chi connectivity index (χ1) is 16.4. The van der Waals surface area contributed by atoms with Crippen LogP contribution in [-0.4, -0.2) is 29.7 Å². The Balaban J connectivity index is 1.63. The summed E-state index contributed by atoms with van der Waals surface area (Å²) >= 11 is 0. The van der Waals surface area contributed by atoms with E-state index >= 15 is 0 Å². The van der Waals surface area contributed by atoms with Crippen LogP contribution in [0.5, 0.6) is 5.75 Å². The zero-order valence-corrected chi connectivity index (χ0v) is 19.3. The lowest BCUT2D eigenvalue weighted by Crippen LogP contribution is -2.63. The molecule has 0 spiro atoms. The number of urea groups is 1. The van der Waals surface area contributed by atoms with Crippen LogP contribution >= 0.6 is 0 Å². The van der Waals surface area contributed by atoms with Crippen LogP contribution in [0.25, 0.3) is 0 Å². The van der Waals surface area contributed by atoms with Gasteiger partial charge in [0.15, 0.2) is 0 Å². The van der Waals surface area contributed by atoms with Gasteiger partial charge in [0.05, 0.1) is 12.3 Å². The summed E-state index contributed by atoms with van der Waals surface area (Å²) < 4.78 is 5.49. The summed E-state index contributed by atoms with van der Waals surface area (Å²) in [4.78, 5) is 27.8. The molecule has 0 aromatic heterocycles. The van der Waals surface area contributed by atoms with Crippen LogP contribution in [0.3, 0.4) is 0 Å². The summed E-state index contributed by atoms with van der Waals surface area (Å²) in [7, 11) is 0. The lowest BCUT2D eigenvalue weighted by Gasteiger charge is -2.43. The first-order valence-corrected chi connectivity index (χ1v) is 11.4. The number of para-hydroxylation sites is 1. The fraction of sp³-hybridized carbons (Fsp3) is 0.259. The van der Waals surface area contributed by atoms with Crippen LogP contribution in [0.2, 0.25) is 0 Å². The third-order valence-corrected chi connectivity index (χ3v) is 5.88. The number of hydrogen-bond acceptors (Lipinski definition) is 4. The van der Waals surface area contributed by atoms with Crippen LogP contribution in [-0.2, 0) is 16.9 Å². The Kier molecular flexibility index (Phi) is 6.84. The van der Waals surface area contributed by atoms with Crippen molar-refractivity contribution >= 4 is 23.3 Å². The summed E-state index contributed by atoms with van der Waals surface area (Å²) in [5.74, 6) is -0.0316. The number of carbonyl (C=O) groups is 2. The van der Waals surface area contributed by atoms with Crippen molar-refractivity contribution in [3.8, 4) is 5.75 Å². The van der Waals surface area contributed by atoms with Crippen LogP contribution in [0.1, 0.15) is 31.4 Å². The van der Waals surface area contributed by atoms with Crippen LogP contribution in [0.15, 0.2) is 78.9 Å². The summed E-state index contributed by atoms with van der Waals surface area (Å²) in [6, 6.07) is 22.7. The average molecular weight is 460 g/mol. The van der Waals surface area contributed by atoms with Gasteiger partial charge in [-0.1, -0.05) is 48.5 Å². The molecule has 3 aromatic carbocycles. The van der Waals surface area contributed by atoms with Crippen molar-refractivity contribution in [3.05, 3.63) is 90.0 Å². The second-order valence-electron chi connectivity index (χ2n) is 8.31. The topological polar surface area (TPSA) is 90.9 Å². The average Bonchev–Trinajstić information content (AvgIpc) is 2.84. The van der Waals surface area contributed by atoms with Gasteiger partial charge < -0.3 is 20.5 Å². The third-order valence-electron chi connectivity index (χ3n) is 5.88. The van der Waals surface area contributed by atoms with E-state index in [1.807, 2.05) is 44.2 Å². The number of hydrogen-bond donors (Lipinski definition) is 3. The monoisotopic (exact) mass is 459 g/mol. The molecule has 0 fully saturated rings. The van der Waals surface area contributed by atoms with E-state index in [1.165, 1.54) is 5.56 Å². The number of nitrogens with zero attached hydrogens (tertiary/aromatic N) is 1. The van der Waals surface area contributed by atoms with E-state index in [-0.39, 0.29) is 6.04 Å². The number of carbonyl (C=O) groups excluding carboxylic acids is 2. The normalized spacial score (nSPS) is 18.0. The number of fused-ring (bicyclic) bond motifs is 1. The molecule has 4 rings (SSSR count). The Morgan fingerprint density at radius 2 is 1.74 bits per heavy atom. The molecule has 7 heteroatoms. The Morgan fingerprint density at radius 3 is 2.44 bits per heavy atom. The highest BCUT2D eigenvalue weighted by Crippen LogP contribution is 2.40. The van der Waals surface area contributed by atoms with Crippen molar-refractivity contribution in [3.63, 3.8) is 0 Å². The highest BCUT2D eigenvalue weighted by molar-refractivity contribution is 6.11. The van der Waals surface area contributed by atoms with Gasteiger partial charge in [-0.25, -0.2) is 4.79 Å². The predicted molar refractivity (Wildman–Crippen MR) is 132 cm³/mol. The summed E-state index contributed by atoms with van der Waals surface area (Å²) in [6.45, 7) is 4.27. The highest BCUT2D eigenvalue weighted by Gasteiger charge is 2.52. The van der Waals surface area contributed by atoms with Crippen molar-refractivity contribution < 1.29 is 19.4 Å². The molecule has 0 saturated carbocycles. The fourth-order valence-corrected chi connectivity index (χ4v) is 4.15. The number of rotatable bonds is 8. The molecule has 3 N–H and O–H groups in total. The largest absolute Gasteiger partial charge is 0.494 e. The molecule has 3 aromatic rings. The lowest BCUT2D eigenvalue weighted by molar-refractivity contribution is -0.141. The molecule has 0 aliphatic carbocycles. The van der Waals surface area contributed by atoms with Gasteiger partial charge in [0.1, 0.15) is 5.75 Å². The van der Waals surface area contributed by atoms with Crippen molar-refractivity contribution in [2.24, 2.45) is 0 Å². The van der Waals surface area contributed by atoms with E-state index in [4.69, 9.17) is 4.74 Å². The number of aryl methyl sites for hydroxylation is 1. The molecular formula is C27H29N3O4. The molecule has 1 aliphatic rings. The lowest BCUT2D eigenvalue weighted by atomic mass is 9.94. The number of anilines is 2. The Morgan fingerprint density at radius 1 is 1.06 bits per heavy atom. The number of aliphatic hydroxyl groups is 1. The highest BCUT2D eigenvalue weighted by atomic mass is 16.5. The molecule has 0 radical (unpaired) electrons. The summed E-state index contributed by atoms with van der Waals surface area (Å²) in [6.07, 6.45) is 1.46. The first kappa shape index (κ1) is 23.3. The Bertz CT molecular complexity index is 1150. The van der Waals surface area contributed by atoms with Crippen LogP contribution in [0, 0.1) is 0 Å². The van der Waals surface area contributed by atoms with Crippen LogP contribution in [0.4, 0.5) is 16.2 Å². The van der Waals surface area contributed by atoms with E-state index in [1.54, 1.807) is 48.5 Å². The first-order valence-electron chi connectivity index (χ1n) is 11.4. The van der Waals surface area contributed by atoms with Gasteiger partial charge in [0.25, 0.3) is 11.6 Å². The van der Waals surface area contributed by atoms with E-state index in [0.717, 1.165) is 11.3 Å². The van der Waals surface area contributed by atoms with Crippen LogP contribution < -0.4 is 20.3 Å². The SMILES string of the molecule is CCOc1ccc(N2C(=O)Nc3ccccc3[C@@]2(O)C(=O)N[C@H](C)CCc2ccccc2)cc1. The van der Waals surface area contributed by atoms with Gasteiger partial charge in [-0.15, -0.1) is 0 Å². The molecule has 0 saturated heterocycles. The van der Waals surface area contributed by atoms with Crippen molar-refractivity contribution in [1.82, 2.24) is 5.32 Å². The predicted octanol–water partition coefficient (Wildman–Crippen LogP) is 4.42. The maximum Gasteiger partial charge on any atom is 0.329 e. The number of amides is 3. The van der Waals surface area contributed by atoms with E-state index in [2.05, 4.69) is 10.6 Å². The second-order valence-corrected chi connectivity index (χ2v) is 8.31. The molecule has 34 heavy (non-hydrogen) atoms. The van der Waals surface area contributed by atoms with Gasteiger partial charge in [0, 0.05) is 17.3 Å². The second kappa shape index (κ2) is 9.97. The molecule has 1 aliphatic heterocycles. The van der Waals surface area contributed by atoms with E-state index in [9.17, 15) is 14.7 Å². The van der Waals surface area contributed by atoms with Crippen molar-refractivity contribution in [2.75, 3.05) is 16.8 Å². The van der Waals surface area contributed by atoms with Gasteiger partial charge in [-0.2, -0.15) is 0 Å². The van der Waals surface area contributed by atoms with Gasteiger partial charge in [-0.3, -0.25) is 9.69 Å². The summed E-state index contributed by atoms with van der Waals surface area (Å²) in [5, 5.41) is 17.6. The molecule has 1 heterocycles. The number of ether oxygens (including phenoxy) is 1. The standard InChI is InChI=1S/C27H29N3O4/c1-3-34-22-17-15-21(16-18-22)30-26(32)29-24-12-8-7-11-23(24)27(30,33)25(31)28-19(2)13-14-20-9-5-4-6-10-20/h4-12,15-19,33H,3,13-14H2,1-2H3,(H,28,31)(H,29,32)/t19-,27-/m1/s1. The summed E-state index contributed by atoms with van der Waals surface area (Å²) in [5.41, 5.74) is -0.00107. The maximum atomic E-state index is 13.6. The maximum absolute atomic E-state index is 13.6. The Labute approximate surface area is 199 Å². The molecule has 176 valence electrons. The molecule has 2 atom stereocenters. The van der Waals surface area contributed by atoms with E-state index < -0.39 is 17.7 Å². The fourth-order valence-electron chi connectivity index (χ4n) is 4.15. The number of nitrogens with one attached hydrogen (secondary N) is 2. The molecule has 0 unspecified atom stereocenters. The third kappa shape index (κ3) is 4.61. The molecule has 0 bridgehead atoms. The smallest absolute Gasteiger partial charge is 0.329 e. The minimum Gasteiger partial charge on any atom is -0.494 e. The number of benzene rings is 3. The van der Waals surface area contributed by atoms with E-state index in [0.29, 0.717) is 35.7 Å².